The van der Waals surface area contributed by atoms with Gasteiger partial charge in [-0.3, -0.25) is 4.79 Å². The van der Waals surface area contributed by atoms with Crippen LogP contribution in [0.3, 0.4) is 0 Å². The molecule has 0 saturated heterocycles. The fourth-order valence-corrected chi connectivity index (χ4v) is 2.33. The highest BCUT2D eigenvalue weighted by molar-refractivity contribution is 5.97. The topological polar surface area (TPSA) is 91.6 Å². The van der Waals surface area contributed by atoms with Crippen molar-refractivity contribution < 1.29 is 19.4 Å². The van der Waals surface area contributed by atoms with E-state index in [4.69, 9.17) is 9.47 Å². The number of hydrogen-bond acceptors (Lipinski definition) is 5. The number of nitrogens with one attached hydrogen (secondary N) is 1. The lowest BCUT2D eigenvalue weighted by atomic mass is 10.1. The maximum absolute atomic E-state index is 12.1. The van der Waals surface area contributed by atoms with Gasteiger partial charge in [0.2, 0.25) is 6.79 Å². The lowest BCUT2D eigenvalue weighted by molar-refractivity contribution is -0.117. The van der Waals surface area contributed by atoms with E-state index in [1.165, 1.54) is 6.08 Å². The Bertz CT molecular complexity index is 909. The molecule has 0 unspecified atom stereocenters. The van der Waals surface area contributed by atoms with Gasteiger partial charge in [-0.25, -0.2) is 0 Å². The molecule has 2 N–H and O–H groups in total. The summed E-state index contributed by atoms with van der Waals surface area (Å²) in [6.45, 7) is 4.47. The molecule has 3 rings (SSSR count). The molecule has 0 fully saturated rings. The summed E-state index contributed by atoms with van der Waals surface area (Å²) >= 11 is 0. The first-order valence-electron chi connectivity index (χ1n) is 8.90. The highest BCUT2D eigenvalue weighted by Crippen LogP contribution is 2.32. The second-order valence-corrected chi connectivity index (χ2v) is 5.51. The summed E-state index contributed by atoms with van der Waals surface area (Å²) in [6.07, 6.45) is 4.80. The van der Waals surface area contributed by atoms with Gasteiger partial charge in [-0.1, -0.05) is 44.2 Å². The van der Waals surface area contributed by atoms with Crippen LogP contribution in [0.5, 0.6) is 17.2 Å². The maximum Gasteiger partial charge on any atom is 0.262 e. The minimum Gasteiger partial charge on any atom is -0.508 e. The van der Waals surface area contributed by atoms with Crippen LogP contribution in [0.15, 0.2) is 60.2 Å². The molecule has 0 atom stereocenters. The van der Waals surface area contributed by atoms with Gasteiger partial charge in [0, 0.05) is 6.54 Å². The first kappa shape index (κ1) is 20.6. The zero-order chi connectivity index (χ0) is 20.4. The fraction of sp³-hybridized carbons (Fsp3) is 0.182. The third kappa shape index (κ3) is 5.64. The summed E-state index contributed by atoms with van der Waals surface area (Å²) in [6, 6.07) is 13.9. The average molecular weight is 378 g/mol. The van der Waals surface area contributed by atoms with Crippen LogP contribution in [-0.2, 0) is 11.3 Å². The number of aromatic hydroxyl groups is 1. The van der Waals surface area contributed by atoms with E-state index in [2.05, 4.69) is 5.32 Å². The van der Waals surface area contributed by atoms with Gasteiger partial charge in [-0.2, -0.15) is 5.26 Å². The zero-order valence-corrected chi connectivity index (χ0v) is 15.8. The molecule has 2 aromatic carbocycles. The first-order valence-corrected chi connectivity index (χ1v) is 8.90. The number of nitriles is 1. The maximum atomic E-state index is 12.1. The second-order valence-electron chi connectivity index (χ2n) is 5.51. The summed E-state index contributed by atoms with van der Waals surface area (Å²) in [4.78, 5) is 12.1. The Morgan fingerprint density at radius 2 is 1.89 bits per heavy atom. The molecular formula is C22H22N2O4. The Hall–Kier alpha value is -3.72. The third-order valence-electron chi connectivity index (χ3n) is 3.70. The van der Waals surface area contributed by atoms with Crippen LogP contribution in [0.25, 0.3) is 6.08 Å². The molecule has 0 bridgehead atoms. The van der Waals surface area contributed by atoms with Gasteiger partial charge in [-0.15, -0.1) is 0 Å². The van der Waals surface area contributed by atoms with Crippen LogP contribution in [0.4, 0.5) is 0 Å². The van der Waals surface area contributed by atoms with Gasteiger partial charge < -0.3 is 19.9 Å². The molecule has 0 saturated carbocycles. The zero-order valence-electron chi connectivity index (χ0n) is 15.8. The van der Waals surface area contributed by atoms with Gasteiger partial charge >= 0.3 is 0 Å². The normalized spacial score (nSPS) is 12.1. The third-order valence-corrected chi connectivity index (χ3v) is 3.70. The van der Waals surface area contributed by atoms with Crippen molar-refractivity contribution in [3.05, 3.63) is 71.3 Å². The molecule has 1 aliphatic heterocycles. The molecule has 1 heterocycles. The molecule has 1 amide bonds. The highest BCUT2D eigenvalue weighted by atomic mass is 16.7. The van der Waals surface area contributed by atoms with Crippen LogP contribution in [-0.4, -0.2) is 17.8 Å². The summed E-state index contributed by atoms with van der Waals surface area (Å²) in [5.41, 5.74) is 1.69. The molecule has 6 nitrogen and oxygen atoms in total. The quantitative estimate of drug-likeness (QED) is 0.467. The number of rotatable bonds is 5. The minimum atomic E-state index is -0.458. The van der Waals surface area contributed by atoms with E-state index >= 15 is 0 Å². The van der Waals surface area contributed by atoms with Crippen molar-refractivity contribution in [3.8, 4) is 23.3 Å². The number of amides is 1. The largest absolute Gasteiger partial charge is 0.508 e. The number of carbonyl (C=O) groups excluding carboxylic acids is 1. The molecule has 1 aliphatic rings. The summed E-state index contributed by atoms with van der Waals surface area (Å²) in [5.74, 6) is 1.04. The van der Waals surface area contributed by atoms with E-state index in [1.807, 2.05) is 26.0 Å². The van der Waals surface area contributed by atoms with Gasteiger partial charge in [0.1, 0.15) is 17.4 Å². The van der Waals surface area contributed by atoms with Crippen LogP contribution in [0.2, 0.25) is 0 Å². The van der Waals surface area contributed by atoms with Crippen molar-refractivity contribution >= 4 is 12.0 Å². The van der Waals surface area contributed by atoms with E-state index in [1.54, 1.807) is 48.6 Å². The molecule has 0 aliphatic carbocycles. The van der Waals surface area contributed by atoms with E-state index in [0.717, 1.165) is 11.1 Å². The Morgan fingerprint density at radius 1 is 1.18 bits per heavy atom. The van der Waals surface area contributed by atoms with Crippen molar-refractivity contribution in [1.82, 2.24) is 5.32 Å². The van der Waals surface area contributed by atoms with E-state index in [-0.39, 0.29) is 24.7 Å². The summed E-state index contributed by atoms with van der Waals surface area (Å²) in [7, 11) is 0. The van der Waals surface area contributed by atoms with Crippen molar-refractivity contribution in [3.63, 3.8) is 0 Å². The average Bonchev–Trinajstić information content (AvgIpc) is 3.20. The number of fused-ring (bicyclic) bond motifs is 1. The van der Waals surface area contributed by atoms with E-state index < -0.39 is 5.91 Å². The number of phenolic OH excluding ortho intramolecular Hbond substituents is 1. The smallest absolute Gasteiger partial charge is 0.262 e. The fourth-order valence-electron chi connectivity index (χ4n) is 2.33. The SMILES string of the molecule is CC.N#C/C(=C\C=C\c1ccc(O)cc1)C(=O)NCc1ccc2c(c1)OCO2. The number of carbonyl (C=O) groups is 1. The van der Waals surface area contributed by atoms with Gasteiger partial charge in [0.15, 0.2) is 11.5 Å². The summed E-state index contributed by atoms with van der Waals surface area (Å²) in [5, 5.41) is 21.1. The number of benzene rings is 2. The Balaban J connectivity index is 0.00000136. The number of nitrogens with zero attached hydrogens (tertiary/aromatic N) is 1. The molecule has 2 aromatic rings. The van der Waals surface area contributed by atoms with Crippen LogP contribution in [0, 0.1) is 11.3 Å². The van der Waals surface area contributed by atoms with Gasteiger partial charge in [0.05, 0.1) is 0 Å². The van der Waals surface area contributed by atoms with E-state index in [0.29, 0.717) is 11.5 Å². The van der Waals surface area contributed by atoms with E-state index in [9.17, 15) is 15.2 Å². The monoisotopic (exact) mass is 378 g/mol. The highest BCUT2D eigenvalue weighted by Gasteiger charge is 2.14. The summed E-state index contributed by atoms with van der Waals surface area (Å²) < 4.78 is 10.5. The Kier molecular flexibility index (Phi) is 7.67. The standard InChI is InChI=1S/C20H16N2O4.C2H6/c21-11-16(3-1-2-14-4-7-17(23)8-5-14)20(24)22-12-15-6-9-18-19(10-15)26-13-25-18;1-2/h1-10,23H,12-13H2,(H,22,24);1-2H3/b2-1+,16-3+;. The Labute approximate surface area is 164 Å². The Morgan fingerprint density at radius 3 is 2.61 bits per heavy atom. The van der Waals surface area contributed by atoms with Crippen LogP contribution < -0.4 is 14.8 Å². The second kappa shape index (κ2) is 10.4. The molecular weight excluding hydrogens is 356 g/mol. The lowest BCUT2D eigenvalue weighted by Gasteiger charge is -2.05. The van der Waals surface area contributed by atoms with Crippen molar-refractivity contribution in [2.24, 2.45) is 0 Å². The molecule has 6 heteroatoms. The number of hydrogen-bond donors (Lipinski definition) is 2. The molecule has 0 spiro atoms. The van der Waals surface area contributed by atoms with Crippen molar-refractivity contribution in [1.29, 1.82) is 5.26 Å². The van der Waals surface area contributed by atoms with Crippen molar-refractivity contribution in [2.45, 2.75) is 20.4 Å². The number of allylic oxidation sites excluding steroid dienone is 2. The molecule has 144 valence electrons. The molecule has 0 aromatic heterocycles. The van der Waals surface area contributed by atoms with Crippen LogP contribution >= 0.6 is 0 Å². The lowest BCUT2D eigenvalue weighted by Crippen LogP contribution is -2.23. The van der Waals surface area contributed by atoms with Crippen LogP contribution in [0.1, 0.15) is 25.0 Å². The molecule has 0 radical (unpaired) electrons. The number of ether oxygens (including phenoxy) is 2. The van der Waals surface area contributed by atoms with Gasteiger partial charge in [0.25, 0.3) is 5.91 Å². The van der Waals surface area contributed by atoms with Gasteiger partial charge in [-0.05, 0) is 41.5 Å². The van der Waals surface area contributed by atoms with Crippen molar-refractivity contribution in [2.75, 3.05) is 6.79 Å². The number of phenols is 1. The first-order chi connectivity index (χ1) is 13.7. The predicted molar refractivity (Wildman–Crippen MR) is 107 cm³/mol. The molecule has 28 heavy (non-hydrogen) atoms. The predicted octanol–water partition coefficient (Wildman–Crippen LogP) is 3.93. The minimum absolute atomic E-state index is 0.000715.